The molecule has 0 aromatic heterocycles. The molecule has 0 aliphatic carbocycles. The summed E-state index contributed by atoms with van der Waals surface area (Å²) in [6.07, 6.45) is 0.546. The van der Waals surface area contributed by atoms with Crippen molar-refractivity contribution in [1.82, 2.24) is 5.32 Å². The van der Waals surface area contributed by atoms with Crippen LogP contribution in [-0.4, -0.2) is 35.6 Å². The second-order valence-electron chi connectivity index (χ2n) is 3.39. The summed E-state index contributed by atoms with van der Waals surface area (Å²) in [7, 11) is 0. The van der Waals surface area contributed by atoms with Gasteiger partial charge in [0.2, 0.25) is 0 Å². The Morgan fingerprint density at radius 3 is 2.71 bits per heavy atom. The van der Waals surface area contributed by atoms with E-state index in [1.54, 1.807) is 16.9 Å². The van der Waals surface area contributed by atoms with Crippen LogP contribution in [0, 0.1) is 0 Å². The van der Waals surface area contributed by atoms with Gasteiger partial charge < -0.3 is 0 Å². The number of carbonyl (C=O) groups is 1. The maximum atomic E-state index is 10.8. The van der Waals surface area contributed by atoms with Crippen LogP contribution in [0.5, 0.6) is 0 Å². The van der Waals surface area contributed by atoms with Crippen molar-refractivity contribution in [3.05, 3.63) is 29.8 Å². The third kappa shape index (κ3) is 2.29. The molecular formula is C10H12AsNO2. The summed E-state index contributed by atoms with van der Waals surface area (Å²) in [6, 6.07) is 8.54. The van der Waals surface area contributed by atoms with E-state index in [1.165, 1.54) is 9.91 Å². The van der Waals surface area contributed by atoms with Gasteiger partial charge in [-0.2, -0.15) is 0 Å². The van der Waals surface area contributed by atoms with E-state index in [2.05, 4.69) is 29.6 Å². The van der Waals surface area contributed by atoms with E-state index in [9.17, 15) is 4.79 Å². The number of hydrogen-bond donors (Lipinski definition) is 1. The molecule has 1 aromatic carbocycles. The van der Waals surface area contributed by atoms with Gasteiger partial charge in [-0.05, 0) is 0 Å². The molecule has 0 saturated carbocycles. The summed E-state index contributed by atoms with van der Waals surface area (Å²) in [4.78, 5) is 10.8. The normalized spacial score (nSPS) is 20.4. The summed E-state index contributed by atoms with van der Waals surface area (Å²) in [5.41, 5.74) is 1.24. The molecule has 2 atom stereocenters. The van der Waals surface area contributed by atoms with Crippen LogP contribution in [0.3, 0.4) is 0 Å². The van der Waals surface area contributed by atoms with E-state index < -0.39 is 0 Å². The van der Waals surface area contributed by atoms with Crippen molar-refractivity contribution in [3.63, 3.8) is 0 Å². The van der Waals surface area contributed by atoms with E-state index in [-0.39, 0.29) is 12.1 Å². The molecule has 74 valence electrons. The predicted molar refractivity (Wildman–Crippen MR) is 56.6 cm³/mol. The van der Waals surface area contributed by atoms with E-state index in [4.69, 9.17) is 4.74 Å². The molecule has 2 rings (SSSR count). The topological polar surface area (TPSA) is 38.3 Å². The number of nitrogens with one attached hydrogen (secondary N) is 1. The van der Waals surface area contributed by atoms with Crippen LogP contribution in [-0.2, 0) is 11.2 Å². The zero-order valence-electron chi connectivity index (χ0n) is 7.69. The number of rotatable bonds is 2. The predicted octanol–water partition coefficient (Wildman–Crippen LogP) is -0.404. The number of cyclic esters (lactones) is 1. The fraction of sp³-hybridized carbons (Fsp3) is 0.300. The van der Waals surface area contributed by atoms with Gasteiger partial charge in [0.05, 0.1) is 0 Å². The van der Waals surface area contributed by atoms with Crippen LogP contribution in [0.1, 0.15) is 5.56 Å². The Hall–Kier alpha value is -0.952. The van der Waals surface area contributed by atoms with Gasteiger partial charge in [0.15, 0.2) is 0 Å². The summed E-state index contributed by atoms with van der Waals surface area (Å²) < 4.78 is 6.13. The Labute approximate surface area is 91.3 Å². The van der Waals surface area contributed by atoms with Gasteiger partial charge in [-0.25, -0.2) is 0 Å². The third-order valence-corrected chi connectivity index (χ3v) is 3.01. The second kappa shape index (κ2) is 4.05. The Morgan fingerprint density at radius 2 is 2.14 bits per heavy atom. The van der Waals surface area contributed by atoms with Gasteiger partial charge >= 0.3 is 91.0 Å². The first-order chi connectivity index (χ1) is 6.74. The zero-order chi connectivity index (χ0) is 9.97. The number of hydrogen-bond acceptors (Lipinski definition) is 2. The van der Waals surface area contributed by atoms with Gasteiger partial charge in [-0.3, -0.25) is 0 Å². The van der Waals surface area contributed by atoms with Crippen LogP contribution in [0.25, 0.3) is 0 Å². The van der Waals surface area contributed by atoms with Crippen LogP contribution < -0.4 is 9.67 Å². The van der Waals surface area contributed by atoms with Crippen molar-refractivity contribution in [3.8, 4) is 0 Å². The second-order valence-corrected chi connectivity index (χ2v) is 4.78. The van der Waals surface area contributed by atoms with E-state index in [0.29, 0.717) is 6.61 Å². The first-order valence-corrected chi connectivity index (χ1v) is 5.73. The monoisotopic (exact) mass is 253 g/mol. The Morgan fingerprint density at radius 1 is 1.43 bits per heavy atom. The van der Waals surface area contributed by atoms with Crippen LogP contribution >= 0.6 is 0 Å². The molecule has 1 saturated heterocycles. The van der Waals surface area contributed by atoms with Gasteiger partial charge in [-0.15, -0.1) is 0 Å². The van der Waals surface area contributed by atoms with Crippen molar-refractivity contribution < 1.29 is 9.53 Å². The standard InChI is InChI=1S/C10H12AsNO2/c11-8-3-1-7(2-4-8)5-9-6-14-10(13)12-9/h1-4,9H,5-6,11H2,(H,12,13). The molecule has 1 heterocycles. The minimum atomic E-state index is -0.301. The molecule has 1 N–H and O–H groups in total. The third-order valence-electron chi connectivity index (χ3n) is 2.20. The average Bonchev–Trinajstić information content (AvgIpc) is 2.56. The summed E-state index contributed by atoms with van der Waals surface area (Å²) in [5.74, 6) is 0. The zero-order valence-corrected chi connectivity index (χ0v) is 10.1. The van der Waals surface area contributed by atoms with Crippen molar-refractivity contribution in [2.45, 2.75) is 12.5 Å². The molecule has 2 unspecified atom stereocenters. The van der Waals surface area contributed by atoms with E-state index in [1.807, 2.05) is 0 Å². The molecule has 1 aromatic rings. The van der Waals surface area contributed by atoms with Gasteiger partial charge in [0, 0.05) is 0 Å². The van der Waals surface area contributed by atoms with Crippen LogP contribution in [0.2, 0.25) is 0 Å². The van der Waals surface area contributed by atoms with E-state index >= 15 is 0 Å². The van der Waals surface area contributed by atoms with Gasteiger partial charge in [-0.1, -0.05) is 0 Å². The number of amides is 1. The van der Waals surface area contributed by atoms with E-state index in [0.717, 1.165) is 6.42 Å². The number of alkyl carbamates (subject to hydrolysis) is 1. The summed E-state index contributed by atoms with van der Waals surface area (Å²) in [5, 5.41) is 2.76. The SMILES string of the molecule is O=C1NC(Cc2ccc([AsH2])cc2)CO1. The number of benzene rings is 1. The first kappa shape index (κ1) is 9.60. The Bertz CT molecular complexity index is 336. The molecule has 3 nitrogen and oxygen atoms in total. The van der Waals surface area contributed by atoms with Gasteiger partial charge in [0.25, 0.3) is 0 Å². The molecular weight excluding hydrogens is 241 g/mol. The molecule has 1 fully saturated rings. The Kier molecular flexibility index (Phi) is 2.78. The molecule has 1 aliphatic rings. The fourth-order valence-corrected chi connectivity index (χ4v) is 1.88. The van der Waals surface area contributed by atoms with Gasteiger partial charge in [0.1, 0.15) is 0 Å². The maximum absolute atomic E-state index is 10.8. The summed E-state index contributed by atoms with van der Waals surface area (Å²) in [6.45, 7) is 0.483. The van der Waals surface area contributed by atoms with Crippen molar-refractivity contribution in [2.75, 3.05) is 6.61 Å². The first-order valence-electron chi connectivity index (χ1n) is 4.52. The average molecular weight is 253 g/mol. The van der Waals surface area contributed by atoms with Crippen molar-refractivity contribution in [1.29, 1.82) is 0 Å². The Balaban J connectivity index is 1.97. The fourth-order valence-electron chi connectivity index (χ4n) is 1.47. The minimum absolute atomic E-state index is 0.135. The molecule has 1 aliphatic heterocycles. The van der Waals surface area contributed by atoms with Crippen molar-refractivity contribution >= 4 is 27.3 Å². The number of carbonyl (C=O) groups excluding carboxylic acids is 1. The molecule has 0 spiro atoms. The summed E-state index contributed by atoms with van der Waals surface area (Å²) >= 11 is 1.62. The molecule has 0 radical (unpaired) electrons. The van der Waals surface area contributed by atoms with Crippen molar-refractivity contribution in [2.24, 2.45) is 0 Å². The number of ether oxygens (including phenoxy) is 1. The molecule has 4 heteroatoms. The molecule has 0 bridgehead atoms. The molecule has 1 amide bonds. The van der Waals surface area contributed by atoms with Crippen LogP contribution in [0.15, 0.2) is 24.3 Å². The quantitative estimate of drug-likeness (QED) is 0.728. The molecule has 14 heavy (non-hydrogen) atoms. The van der Waals surface area contributed by atoms with Crippen LogP contribution in [0.4, 0.5) is 4.79 Å².